The molecule has 0 heterocycles. The highest BCUT2D eigenvalue weighted by Gasteiger charge is 2.14. The van der Waals surface area contributed by atoms with Crippen LogP contribution in [-0.4, -0.2) is 29.6 Å². The monoisotopic (exact) mass is 343 g/mol. The molecule has 3 heteroatoms. The van der Waals surface area contributed by atoms with Gasteiger partial charge in [-0.25, -0.2) is 0 Å². The van der Waals surface area contributed by atoms with Crippen molar-refractivity contribution in [2.45, 2.75) is 26.4 Å². The number of aliphatic hydroxyl groups excluding tert-OH is 1. The van der Waals surface area contributed by atoms with Crippen LogP contribution >= 0.6 is 12.4 Å². The maximum atomic E-state index is 10.8. The number of rotatable bonds is 6. The maximum Gasteiger partial charge on any atom is 0.0808 e. The van der Waals surface area contributed by atoms with E-state index in [4.69, 9.17) is 0 Å². The number of nitrogens with zero attached hydrogens (tertiary/aromatic N) is 1. The predicted octanol–water partition coefficient (Wildman–Crippen LogP) is 5.18. The van der Waals surface area contributed by atoms with Gasteiger partial charge in [-0.3, -0.25) is 0 Å². The summed E-state index contributed by atoms with van der Waals surface area (Å²) in [6.45, 7) is 7.32. The van der Waals surface area contributed by atoms with Gasteiger partial charge in [0.25, 0.3) is 0 Å². The van der Waals surface area contributed by atoms with Gasteiger partial charge in [0.1, 0.15) is 0 Å². The summed E-state index contributed by atoms with van der Waals surface area (Å²) in [7, 11) is 0. The van der Waals surface area contributed by atoms with Crippen molar-refractivity contribution in [1.29, 1.82) is 0 Å². The molecule has 3 rings (SSSR count). The summed E-state index contributed by atoms with van der Waals surface area (Å²) in [5.41, 5.74) is 1.05. The first-order chi connectivity index (χ1) is 11.2. The van der Waals surface area contributed by atoms with E-state index in [1.807, 2.05) is 0 Å². The molecule has 0 bridgehead atoms. The predicted molar refractivity (Wildman–Crippen MR) is 106 cm³/mol. The lowest BCUT2D eigenvalue weighted by molar-refractivity contribution is 0.146. The maximum absolute atomic E-state index is 10.8. The molecule has 0 spiro atoms. The Labute approximate surface area is 150 Å². The van der Waals surface area contributed by atoms with E-state index in [0.29, 0.717) is 0 Å². The Kier molecular flexibility index (Phi) is 6.61. The van der Waals surface area contributed by atoms with E-state index in [1.54, 1.807) is 0 Å². The van der Waals surface area contributed by atoms with Crippen LogP contribution in [0.3, 0.4) is 0 Å². The highest BCUT2D eigenvalue weighted by atomic mass is 35.5. The number of hydrogen-bond acceptors (Lipinski definition) is 2. The molecule has 3 aromatic carbocycles. The van der Waals surface area contributed by atoms with Crippen molar-refractivity contribution >= 4 is 34.0 Å². The molecule has 1 atom stereocenters. The Bertz CT molecular complexity index is 798. The Morgan fingerprint density at radius 2 is 1.46 bits per heavy atom. The second kappa shape index (κ2) is 8.48. The lowest BCUT2D eigenvalue weighted by Gasteiger charge is -2.21. The van der Waals surface area contributed by atoms with Gasteiger partial charge in [0.2, 0.25) is 0 Å². The number of fused-ring (bicyclic) bond motifs is 3. The van der Waals surface area contributed by atoms with Crippen LogP contribution in [0, 0.1) is 0 Å². The zero-order valence-corrected chi connectivity index (χ0v) is 15.2. The van der Waals surface area contributed by atoms with Crippen molar-refractivity contribution in [3.8, 4) is 0 Å². The molecule has 128 valence electrons. The van der Waals surface area contributed by atoms with E-state index in [1.165, 1.54) is 21.5 Å². The van der Waals surface area contributed by atoms with E-state index < -0.39 is 6.10 Å². The van der Waals surface area contributed by atoms with E-state index >= 15 is 0 Å². The molecule has 0 aromatic heterocycles. The second-order valence-corrected chi connectivity index (χ2v) is 6.06. The molecule has 0 aliphatic rings. The van der Waals surface area contributed by atoms with E-state index in [-0.39, 0.29) is 12.4 Å². The summed E-state index contributed by atoms with van der Waals surface area (Å²) in [5, 5.41) is 15.6. The molecule has 0 aliphatic carbocycles. The third kappa shape index (κ3) is 3.72. The first-order valence-corrected chi connectivity index (χ1v) is 8.55. The van der Waals surface area contributed by atoms with E-state index in [9.17, 15) is 5.11 Å². The van der Waals surface area contributed by atoms with Gasteiger partial charge in [0.05, 0.1) is 6.10 Å². The Balaban J connectivity index is 0.00000208. The number of benzene rings is 3. The fourth-order valence-electron chi connectivity index (χ4n) is 3.36. The Hall–Kier alpha value is -1.61. The van der Waals surface area contributed by atoms with Crippen LogP contribution in [0.15, 0.2) is 54.6 Å². The van der Waals surface area contributed by atoms with E-state index in [2.05, 4.69) is 73.3 Å². The normalized spacial score (nSPS) is 12.5. The number of aliphatic hydroxyl groups is 1. The smallest absolute Gasteiger partial charge is 0.0808 e. The molecular weight excluding hydrogens is 318 g/mol. The first-order valence-electron chi connectivity index (χ1n) is 8.55. The van der Waals surface area contributed by atoms with Crippen molar-refractivity contribution in [2.75, 3.05) is 19.6 Å². The topological polar surface area (TPSA) is 23.5 Å². The molecule has 0 saturated carbocycles. The standard InChI is InChI=1S/C21H25NO.ClH/c1-3-22(4-2)14-13-21(23)20-15-16-9-5-6-10-17(16)18-11-7-8-12-19(18)20;/h5-12,15,21,23H,3-4,13-14H2,1-2H3;1H. The first kappa shape index (κ1) is 18.7. The van der Waals surface area contributed by atoms with Gasteiger partial charge < -0.3 is 10.0 Å². The SMILES string of the molecule is CCN(CC)CCC(O)c1cc2ccccc2c2ccccc12.Cl. The largest absolute Gasteiger partial charge is 0.388 e. The molecular formula is C21H26ClNO. The Morgan fingerprint density at radius 1 is 0.875 bits per heavy atom. The molecule has 0 amide bonds. The highest BCUT2D eigenvalue weighted by Crippen LogP contribution is 2.33. The molecule has 3 aromatic rings. The van der Waals surface area contributed by atoms with E-state index in [0.717, 1.165) is 31.6 Å². The van der Waals surface area contributed by atoms with Crippen LogP contribution in [0.25, 0.3) is 21.5 Å². The summed E-state index contributed by atoms with van der Waals surface area (Å²) in [6.07, 6.45) is 0.342. The van der Waals surface area contributed by atoms with Gasteiger partial charge in [0, 0.05) is 6.54 Å². The molecule has 24 heavy (non-hydrogen) atoms. The molecule has 1 unspecified atom stereocenters. The molecule has 1 N–H and O–H groups in total. The fourth-order valence-corrected chi connectivity index (χ4v) is 3.36. The summed E-state index contributed by atoms with van der Waals surface area (Å²) in [4.78, 5) is 2.35. The minimum Gasteiger partial charge on any atom is -0.388 e. The zero-order valence-electron chi connectivity index (χ0n) is 14.4. The Morgan fingerprint density at radius 3 is 2.12 bits per heavy atom. The molecule has 0 fully saturated rings. The third-order valence-electron chi connectivity index (χ3n) is 4.77. The van der Waals surface area contributed by atoms with Crippen molar-refractivity contribution in [3.05, 3.63) is 60.2 Å². The second-order valence-electron chi connectivity index (χ2n) is 6.06. The molecule has 2 nitrogen and oxygen atoms in total. The fraction of sp³-hybridized carbons (Fsp3) is 0.333. The van der Waals surface area contributed by atoms with Crippen LogP contribution < -0.4 is 0 Å². The van der Waals surface area contributed by atoms with Crippen molar-refractivity contribution in [1.82, 2.24) is 4.90 Å². The van der Waals surface area contributed by atoms with Crippen molar-refractivity contribution in [3.63, 3.8) is 0 Å². The average molecular weight is 344 g/mol. The van der Waals surface area contributed by atoms with Crippen LogP contribution in [0.5, 0.6) is 0 Å². The zero-order chi connectivity index (χ0) is 16.2. The van der Waals surface area contributed by atoms with Crippen LogP contribution in [0.2, 0.25) is 0 Å². The molecule has 0 saturated heterocycles. The van der Waals surface area contributed by atoms with Gasteiger partial charge in [-0.2, -0.15) is 0 Å². The quantitative estimate of drug-likeness (QED) is 0.623. The average Bonchev–Trinajstić information content (AvgIpc) is 2.61. The lowest BCUT2D eigenvalue weighted by Crippen LogP contribution is -2.25. The van der Waals surface area contributed by atoms with Gasteiger partial charge in [-0.1, -0.05) is 62.4 Å². The number of hydrogen-bond donors (Lipinski definition) is 1. The lowest BCUT2D eigenvalue weighted by atomic mass is 9.93. The highest BCUT2D eigenvalue weighted by molar-refractivity contribution is 6.09. The van der Waals surface area contributed by atoms with Crippen molar-refractivity contribution < 1.29 is 5.11 Å². The minimum absolute atomic E-state index is 0. The molecule has 0 aliphatic heterocycles. The summed E-state index contributed by atoms with van der Waals surface area (Å²) in [6, 6.07) is 19.0. The summed E-state index contributed by atoms with van der Waals surface area (Å²) >= 11 is 0. The van der Waals surface area contributed by atoms with Crippen LogP contribution in [0.1, 0.15) is 31.9 Å². The third-order valence-corrected chi connectivity index (χ3v) is 4.77. The molecule has 0 radical (unpaired) electrons. The number of halogens is 1. The van der Waals surface area contributed by atoms with Crippen LogP contribution in [-0.2, 0) is 0 Å². The van der Waals surface area contributed by atoms with Crippen LogP contribution in [0.4, 0.5) is 0 Å². The minimum atomic E-state index is -0.426. The summed E-state index contributed by atoms with van der Waals surface area (Å²) < 4.78 is 0. The van der Waals surface area contributed by atoms with Gasteiger partial charge in [-0.05, 0) is 52.7 Å². The van der Waals surface area contributed by atoms with Gasteiger partial charge >= 0.3 is 0 Å². The van der Waals surface area contributed by atoms with Gasteiger partial charge in [-0.15, -0.1) is 12.4 Å². The summed E-state index contributed by atoms with van der Waals surface area (Å²) in [5.74, 6) is 0. The van der Waals surface area contributed by atoms with Gasteiger partial charge in [0.15, 0.2) is 0 Å². The van der Waals surface area contributed by atoms with Crippen molar-refractivity contribution in [2.24, 2.45) is 0 Å².